The summed E-state index contributed by atoms with van der Waals surface area (Å²) in [5.74, 6) is -1.18. The van der Waals surface area contributed by atoms with E-state index in [0.717, 1.165) is 5.56 Å². The van der Waals surface area contributed by atoms with Crippen molar-refractivity contribution in [2.24, 2.45) is 0 Å². The molecule has 1 aromatic rings. The molecule has 0 spiro atoms. The van der Waals surface area contributed by atoms with Crippen molar-refractivity contribution in [1.82, 2.24) is 0 Å². The third kappa shape index (κ3) is 2.76. The summed E-state index contributed by atoms with van der Waals surface area (Å²) < 4.78 is 0. The van der Waals surface area contributed by atoms with Crippen LogP contribution in [0.3, 0.4) is 0 Å². The van der Waals surface area contributed by atoms with Gasteiger partial charge in [0.2, 0.25) is 0 Å². The molecule has 0 unspecified atom stereocenters. The van der Waals surface area contributed by atoms with E-state index in [-0.39, 0.29) is 5.57 Å². The lowest BCUT2D eigenvalue weighted by Crippen LogP contribution is -1.98. The minimum Gasteiger partial charge on any atom is -0.477 e. The Hall–Kier alpha value is -2.08. The lowest BCUT2D eigenvalue weighted by Gasteiger charge is -1.94. The first kappa shape index (κ1) is 10.0. The summed E-state index contributed by atoms with van der Waals surface area (Å²) in [7, 11) is 0. The number of carboxylic acids is 1. The highest BCUT2D eigenvalue weighted by Crippen LogP contribution is 2.02. The number of hydrogen-bond acceptors (Lipinski definition) is 2. The van der Waals surface area contributed by atoms with E-state index in [1.54, 1.807) is 6.07 Å². The number of benzene rings is 1. The van der Waals surface area contributed by atoms with Crippen LogP contribution in [0.4, 0.5) is 0 Å². The van der Waals surface area contributed by atoms with Crippen molar-refractivity contribution in [2.45, 2.75) is 6.42 Å². The molecule has 0 atom stereocenters. The van der Waals surface area contributed by atoms with Gasteiger partial charge in [0.15, 0.2) is 0 Å². The van der Waals surface area contributed by atoms with Crippen LogP contribution < -0.4 is 0 Å². The Bertz CT molecular complexity index is 387. The summed E-state index contributed by atoms with van der Waals surface area (Å²) in [6.07, 6.45) is 1.88. The molecule has 1 rings (SSSR count). The Morgan fingerprint density at radius 2 is 2.07 bits per heavy atom. The molecule has 0 amide bonds. The molecule has 14 heavy (non-hydrogen) atoms. The van der Waals surface area contributed by atoms with Gasteiger partial charge in [0, 0.05) is 0 Å². The highest BCUT2D eigenvalue weighted by Gasteiger charge is 2.03. The summed E-state index contributed by atoms with van der Waals surface area (Å²) in [6, 6.07) is 11.0. The van der Waals surface area contributed by atoms with Gasteiger partial charge in [0.05, 0.1) is 0 Å². The van der Waals surface area contributed by atoms with Crippen LogP contribution in [-0.4, -0.2) is 11.1 Å². The van der Waals surface area contributed by atoms with E-state index in [4.69, 9.17) is 10.4 Å². The first-order chi connectivity index (χ1) is 6.74. The minimum atomic E-state index is -1.18. The number of carbonyl (C=O) groups is 1. The standard InChI is InChI=1S/C11H9NO2/c12-8-10(11(13)14)7-6-9-4-2-1-3-5-9/h1-5,7H,6H2,(H,13,14). The van der Waals surface area contributed by atoms with Crippen molar-refractivity contribution in [3.05, 3.63) is 47.5 Å². The molecule has 3 nitrogen and oxygen atoms in total. The average Bonchev–Trinajstić information content (AvgIpc) is 2.20. The lowest BCUT2D eigenvalue weighted by atomic mass is 10.1. The van der Waals surface area contributed by atoms with Crippen LogP contribution in [0.25, 0.3) is 0 Å². The van der Waals surface area contributed by atoms with Crippen LogP contribution in [0.2, 0.25) is 0 Å². The van der Waals surface area contributed by atoms with Crippen LogP contribution >= 0.6 is 0 Å². The molecule has 0 aromatic heterocycles. The topological polar surface area (TPSA) is 61.1 Å². The molecule has 0 heterocycles. The van der Waals surface area contributed by atoms with E-state index in [1.807, 2.05) is 30.3 Å². The second-order valence-electron chi connectivity index (χ2n) is 2.72. The van der Waals surface area contributed by atoms with Crippen molar-refractivity contribution in [3.63, 3.8) is 0 Å². The Morgan fingerprint density at radius 1 is 1.43 bits per heavy atom. The van der Waals surface area contributed by atoms with Crippen LogP contribution in [-0.2, 0) is 11.2 Å². The number of carboxylic acid groups (broad SMARTS) is 1. The van der Waals surface area contributed by atoms with E-state index >= 15 is 0 Å². The molecule has 70 valence electrons. The molecule has 0 aliphatic heterocycles. The predicted octanol–water partition coefficient (Wildman–Crippen LogP) is 1.76. The molecule has 1 N–H and O–H groups in total. The maximum absolute atomic E-state index is 10.5. The van der Waals surface area contributed by atoms with Crippen molar-refractivity contribution in [2.75, 3.05) is 0 Å². The van der Waals surface area contributed by atoms with Crippen molar-refractivity contribution in [1.29, 1.82) is 5.26 Å². The number of nitriles is 1. The highest BCUT2D eigenvalue weighted by atomic mass is 16.4. The van der Waals surface area contributed by atoms with Gasteiger partial charge in [0.1, 0.15) is 11.6 Å². The molecule has 0 aliphatic carbocycles. The Morgan fingerprint density at radius 3 is 2.57 bits per heavy atom. The molecular formula is C11H9NO2. The molecule has 1 aromatic carbocycles. The van der Waals surface area contributed by atoms with Crippen LogP contribution in [0.1, 0.15) is 5.56 Å². The minimum absolute atomic E-state index is 0.214. The SMILES string of the molecule is N#CC(=CCc1ccccc1)C(=O)O. The maximum Gasteiger partial charge on any atom is 0.346 e. The highest BCUT2D eigenvalue weighted by molar-refractivity contribution is 5.90. The smallest absolute Gasteiger partial charge is 0.346 e. The second kappa shape index (κ2) is 4.83. The van der Waals surface area contributed by atoms with Crippen LogP contribution in [0.5, 0.6) is 0 Å². The zero-order valence-electron chi connectivity index (χ0n) is 7.47. The van der Waals surface area contributed by atoms with E-state index in [2.05, 4.69) is 0 Å². The summed E-state index contributed by atoms with van der Waals surface area (Å²) >= 11 is 0. The van der Waals surface area contributed by atoms with E-state index in [9.17, 15) is 4.79 Å². The summed E-state index contributed by atoms with van der Waals surface area (Å²) in [4.78, 5) is 10.5. The summed E-state index contributed by atoms with van der Waals surface area (Å²) in [5, 5.41) is 17.0. The van der Waals surface area contributed by atoms with E-state index in [1.165, 1.54) is 6.08 Å². The maximum atomic E-state index is 10.5. The zero-order chi connectivity index (χ0) is 10.4. The fourth-order valence-electron chi connectivity index (χ4n) is 1.01. The molecule has 0 radical (unpaired) electrons. The molecule has 3 heteroatoms. The van der Waals surface area contributed by atoms with Crippen LogP contribution in [0.15, 0.2) is 42.0 Å². The number of aliphatic carboxylic acids is 1. The first-order valence-electron chi connectivity index (χ1n) is 4.11. The van der Waals surface area contributed by atoms with E-state index < -0.39 is 5.97 Å². The third-order valence-electron chi connectivity index (χ3n) is 1.74. The molecule has 0 aliphatic rings. The summed E-state index contributed by atoms with van der Waals surface area (Å²) in [5.41, 5.74) is 0.773. The Labute approximate surface area is 81.9 Å². The van der Waals surface area contributed by atoms with Gasteiger partial charge >= 0.3 is 5.97 Å². The Balaban J connectivity index is 2.73. The molecule has 0 saturated carbocycles. The fraction of sp³-hybridized carbons (Fsp3) is 0.0909. The average molecular weight is 187 g/mol. The monoisotopic (exact) mass is 187 g/mol. The normalized spacial score (nSPS) is 10.6. The van der Waals surface area contributed by atoms with Gasteiger partial charge < -0.3 is 5.11 Å². The molecule has 0 saturated heterocycles. The predicted molar refractivity (Wildman–Crippen MR) is 51.5 cm³/mol. The van der Waals surface area contributed by atoms with Gasteiger partial charge in [-0.2, -0.15) is 5.26 Å². The zero-order valence-corrected chi connectivity index (χ0v) is 7.47. The van der Waals surface area contributed by atoms with Gasteiger partial charge in [-0.1, -0.05) is 36.4 Å². The molecular weight excluding hydrogens is 178 g/mol. The number of nitrogens with zero attached hydrogens (tertiary/aromatic N) is 1. The van der Waals surface area contributed by atoms with Gasteiger partial charge in [-0.3, -0.25) is 0 Å². The number of allylic oxidation sites excluding steroid dienone is 1. The number of rotatable bonds is 3. The largest absolute Gasteiger partial charge is 0.477 e. The quantitative estimate of drug-likeness (QED) is 0.579. The fourth-order valence-corrected chi connectivity index (χ4v) is 1.01. The second-order valence-corrected chi connectivity index (χ2v) is 2.72. The summed E-state index contributed by atoms with van der Waals surface area (Å²) in [6.45, 7) is 0. The van der Waals surface area contributed by atoms with Gasteiger partial charge in [-0.15, -0.1) is 0 Å². The number of hydrogen-bond donors (Lipinski definition) is 1. The van der Waals surface area contributed by atoms with Crippen molar-refractivity contribution in [3.8, 4) is 6.07 Å². The molecule has 0 fully saturated rings. The lowest BCUT2D eigenvalue weighted by molar-refractivity contribution is -0.132. The van der Waals surface area contributed by atoms with Gasteiger partial charge in [-0.05, 0) is 12.0 Å². The first-order valence-corrected chi connectivity index (χ1v) is 4.11. The Kier molecular flexibility index (Phi) is 3.45. The van der Waals surface area contributed by atoms with Crippen LogP contribution in [0, 0.1) is 11.3 Å². The van der Waals surface area contributed by atoms with E-state index in [0.29, 0.717) is 6.42 Å². The van der Waals surface area contributed by atoms with Crippen molar-refractivity contribution >= 4 is 5.97 Å². The van der Waals surface area contributed by atoms with Gasteiger partial charge in [-0.25, -0.2) is 4.79 Å². The molecule has 0 bridgehead atoms. The van der Waals surface area contributed by atoms with Crippen molar-refractivity contribution < 1.29 is 9.90 Å². The van der Waals surface area contributed by atoms with Gasteiger partial charge in [0.25, 0.3) is 0 Å². The third-order valence-corrected chi connectivity index (χ3v) is 1.74.